The third-order valence-electron chi connectivity index (χ3n) is 1.77. The summed E-state index contributed by atoms with van der Waals surface area (Å²) in [5.74, 6) is -2.69. The predicted octanol–water partition coefficient (Wildman–Crippen LogP) is 0.725. The van der Waals surface area contributed by atoms with Crippen LogP contribution in [0.2, 0.25) is 0 Å². The van der Waals surface area contributed by atoms with Gasteiger partial charge in [-0.25, -0.2) is 5.48 Å². The van der Waals surface area contributed by atoms with Crippen LogP contribution in [0.4, 0.5) is 10.1 Å². The first-order valence-electron chi connectivity index (χ1n) is 3.84. The molecule has 82 valence electrons. The monoisotopic (exact) mass is 225 g/mol. The lowest BCUT2D eigenvalue weighted by Crippen LogP contribution is -2.20. The maximum atomic E-state index is 13.4. The van der Waals surface area contributed by atoms with E-state index in [0.29, 0.717) is 0 Å². The van der Waals surface area contributed by atoms with Gasteiger partial charge in [0, 0.05) is 0 Å². The Labute approximate surface area is 87.8 Å². The first-order chi connectivity index (χ1) is 7.52. The van der Waals surface area contributed by atoms with Gasteiger partial charge in [-0.3, -0.25) is 20.1 Å². The van der Waals surface area contributed by atoms with E-state index >= 15 is 0 Å². The Balaban J connectivity index is 3.51. The second-order valence-electron chi connectivity index (χ2n) is 2.63. The lowest BCUT2D eigenvalue weighted by molar-refractivity contribution is -0.387. The summed E-state index contributed by atoms with van der Waals surface area (Å²) >= 11 is 0. The molecule has 0 fully saturated rings. The average molecular weight is 225 g/mol. The third kappa shape index (κ3) is 1.79. The van der Waals surface area contributed by atoms with Crippen molar-refractivity contribution >= 4 is 11.6 Å². The molecule has 0 radical (unpaired) electrons. The highest BCUT2D eigenvalue weighted by Gasteiger charge is 2.26. The summed E-state index contributed by atoms with van der Waals surface area (Å²) in [6, 6.07) is 3.22. The molecule has 0 bridgehead atoms. The summed E-state index contributed by atoms with van der Waals surface area (Å²) in [6.07, 6.45) is 0. The number of rotatable bonds is 2. The van der Waals surface area contributed by atoms with Crippen LogP contribution in [0.1, 0.15) is 15.9 Å². The average Bonchev–Trinajstić information content (AvgIpc) is 2.26. The minimum absolute atomic E-state index is 0.503. The molecule has 2 N–H and O–H groups in total. The fourth-order valence-corrected chi connectivity index (χ4v) is 1.07. The number of nitro benzene ring substituents is 1. The Hall–Kier alpha value is -2.53. The minimum Gasteiger partial charge on any atom is -0.288 e. The van der Waals surface area contributed by atoms with Crippen molar-refractivity contribution in [3.05, 3.63) is 39.2 Å². The molecule has 1 aromatic carbocycles. The van der Waals surface area contributed by atoms with E-state index in [1.54, 1.807) is 0 Å². The summed E-state index contributed by atoms with van der Waals surface area (Å²) in [7, 11) is 0. The number of carbonyl (C=O) groups excluding carboxylic acids is 1. The Kier molecular flexibility index (Phi) is 3.12. The molecule has 0 saturated carbocycles. The van der Waals surface area contributed by atoms with E-state index in [9.17, 15) is 19.3 Å². The number of hydrogen-bond acceptors (Lipinski definition) is 5. The Morgan fingerprint density at radius 1 is 1.62 bits per heavy atom. The lowest BCUT2D eigenvalue weighted by atomic mass is 10.1. The molecule has 1 amide bonds. The van der Waals surface area contributed by atoms with Crippen LogP contribution in [0.25, 0.3) is 0 Å². The topological polar surface area (TPSA) is 116 Å². The Morgan fingerprint density at radius 3 is 2.69 bits per heavy atom. The number of nitro groups is 1. The van der Waals surface area contributed by atoms with Gasteiger partial charge in [0.25, 0.3) is 5.91 Å². The van der Waals surface area contributed by atoms with Gasteiger partial charge in [0.1, 0.15) is 11.6 Å². The van der Waals surface area contributed by atoms with Gasteiger partial charge in [-0.1, -0.05) is 0 Å². The normalized spacial score (nSPS) is 9.31. The van der Waals surface area contributed by atoms with Crippen LogP contribution in [0.5, 0.6) is 0 Å². The van der Waals surface area contributed by atoms with Crippen molar-refractivity contribution in [2.45, 2.75) is 0 Å². The molecule has 0 spiro atoms. The smallest absolute Gasteiger partial charge is 0.288 e. The number of benzene rings is 1. The van der Waals surface area contributed by atoms with Crippen LogP contribution in [0.3, 0.4) is 0 Å². The van der Waals surface area contributed by atoms with Gasteiger partial charge in [-0.05, 0) is 12.1 Å². The fourth-order valence-electron chi connectivity index (χ4n) is 1.07. The molecule has 0 atom stereocenters. The molecule has 8 heteroatoms. The van der Waals surface area contributed by atoms with Crippen molar-refractivity contribution in [2.75, 3.05) is 0 Å². The third-order valence-corrected chi connectivity index (χ3v) is 1.77. The zero-order valence-corrected chi connectivity index (χ0v) is 7.60. The molecule has 0 aliphatic heterocycles. The molecule has 0 aliphatic carbocycles. The molecule has 0 unspecified atom stereocenters. The van der Waals surface area contributed by atoms with Gasteiger partial charge in [0.15, 0.2) is 0 Å². The largest absolute Gasteiger partial charge is 0.323 e. The lowest BCUT2D eigenvalue weighted by Gasteiger charge is -2.02. The van der Waals surface area contributed by atoms with Crippen molar-refractivity contribution in [3.8, 4) is 6.07 Å². The molecule has 16 heavy (non-hydrogen) atoms. The highest BCUT2D eigenvalue weighted by molar-refractivity contribution is 5.94. The molecular weight excluding hydrogens is 221 g/mol. The van der Waals surface area contributed by atoms with Crippen LogP contribution < -0.4 is 5.48 Å². The van der Waals surface area contributed by atoms with Crippen LogP contribution in [-0.2, 0) is 0 Å². The SMILES string of the molecule is N#Cc1ccc(C(=O)NO)c(F)c1[N+](=O)[O-]. The van der Waals surface area contributed by atoms with Gasteiger partial charge < -0.3 is 0 Å². The zero-order chi connectivity index (χ0) is 12.3. The Morgan fingerprint density at radius 2 is 2.25 bits per heavy atom. The maximum absolute atomic E-state index is 13.4. The Bertz CT molecular complexity index is 509. The molecule has 0 aromatic heterocycles. The number of nitriles is 1. The van der Waals surface area contributed by atoms with Crippen molar-refractivity contribution in [3.63, 3.8) is 0 Å². The second kappa shape index (κ2) is 4.33. The van der Waals surface area contributed by atoms with E-state index in [2.05, 4.69) is 0 Å². The van der Waals surface area contributed by atoms with Crippen molar-refractivity contribution in [1.29, 1.82) is 5.26 Å². The molecule has 0 heterocycles. The van der Waals surface area contributed by atoms with E-state index < -0.39 is 33.5 Å². The first-order valence-corrected chi connectivity index (χ1v) is 3.84. The number of carbonyl (C=O) groups is 1. The number of nitrogens with zero attached hydrogens (tertiary/aromatic N) is 2. The van der Waals surface area contributed by atoms with Crippen LogP contribution >= 0.6 is 0 Å². The highest BCUT2D eigenvalue weighted by atomic mass is 19.1. The van der Waals surface area contributed by atoms with E-state index in [1.165, 1.54) is 6.07 Å². The summed E-state index contributed by atoms with van der Waals surface area (Å²) in [5, 5.41) is 27.3. The highest BCUT2D eigenvalue weighted by Crippen LogP contribution is 2.24. The number of hydroxylamine groups is 1. The summed E-state index contributed by atoms with van der Waals surface area (Å²) in [5.41, 5.74) is -1.17. The minimum atomic E-state index is -1.46. The number of amides is 1. The quantitative estimate of drug-likeness (QED) is 0.437. The van der Waals surface area contributed by atoms with Crippen molar-refractivity contribution in [1.82, 2.24) is 5.48 Å². The van der Waals surface area contributed by atoms with Crippen LogP contribution in [-0.4, -0.2) is 16.0 Å². The van der Waals surface area contributed by atoms with Gasteiger partial charge in [0.2, 0.25) is 5.82 Å². The molecule has 7 nitrogen and oxygen atoms in total. The first kappa shape index (κ1) is 11.5. The van der Waals surface area contributed by atoms with E-state index in [1.807, 2.05) is 0 Å². The van der Waals surface area contributed by atoms with Gasteiger partial charge >= 0.3 is 5.69 Å². The molecule has 1 rings (SSSR count). The fraction of sp³-hybridized carbons (Fsp3) is 0. The van der Waals surface area contributed by atoms with E-state index in [0.717, 1.165) is 17.6 Å². The summed E-state index contributed by atoms with van der Waals surface area (Å²) in [6.45, 7) is 0. The van der Waals surface area contributed by atoms with Crippen LogP contribution in [0, 0.1) is 27.3 Å². The zero-order valence-electron chi connectivity index (χ0n) is 7.60. The summed E-state index contributed by atoms with van der Waals surface area (Å²) in [4.78, 5) is 20.3. The van der Waals surface area contributed by atoms with Crippen molar-refractivity contribution < 1.29 is 19.3 Å². The van der Waals surface area contributed by atoms with Crippen molar-refractivity contribution in [2.24, 2.45) is 0 Å². The predicted molar refractivity (Wildman–Crippen MR) is 47.0 cm³/mol. The van der Waals surface area contributed by atoms with Gasteiger partial charge in [0.05, 0.1) is 10.5 Å². The standard InChI is InChI=1S/C8H4FN3O4/c9-6-5(8(13)11-14)2-1-4(3-10)7(6)12(15)16/h1-2,14H,(H,11,13). The molecule has 0 saturated heterocycles. The molecule has 0 aliphatic rings. The molecular formula is C8H4FN3O4. The van der Waals surface area contributed by atoms with Gasteiger partial charge in [-0.2, -0.15) is 9.65 Å². The number of nitrogens with one attached hydrogen (secondary N) is 1. The van der Waals surface area contributed by atoms with E-state index in [-0.39, 0.29) is 0 Å². The summed E-state index contributed by atoms with van der Waals surface area (Å²) < 4.78 is 13.4. The maximum Gasteiger partial charge on any atom is 0.323 e. The van der Waals surface area contributed by atoms with Crippen LogP contribution in [0.15, 0.2) is 12.1 Å². The molecule has 1 aromatic rings. The number of halogens is 1. The second-order valence-corrected chi connectivity index (χ2v) is 2.63. The number of hydrogen-bond donors (Lipinski definition) is 2. The van der Waals surface area contributed by atoms with Gasteiger partial charge in [-0.15, -0.1) is 0 Å². The van der Waals surface area contributed by atoms with E-state index in [4.69, 9.17) is 10.5 Å².